The Morgan fingerprint density at radius 1 is 1.46 bits per heavy atom. The van der Waals surface area contributed by atoms with Crippen LogP contribution in [0.15, 0.2) is 27.3 Å². The van der Waals surface area contributed by atoms with Gasteiger partial charge in [-0.2, -0.15) is 0 Å². The van der Waals surface area contributed by atoms with Crippen molar-refractivity contribution in [3.8, 4) is 5.75 Å². The first-order valence-electron chi connectivity index (χ1n) is 3.69. The Hall–Kier alpha value is -0.320. The molecule has 2 rings (SSSR count). The van der Waals surface area contributed by atoms with Crippen LogP contribution in [0.4, 0.5) is 0 Å². The van der Waals surface area contributed by atoms with Crippen LogP contribution in [-0.4, -0.2) is 11.4 Å². The normalized spacial score (nSPS) is 10.9. The van der Waals surface area contributed by atoms with Crippen LogP contribution >= 0.6 is 35.7 Å². The van der Waals surface area contributed by atoms with E-state index in [2.05, 4.69) is 18.0 Å². The van der Waals surface area contributed by atoms with Crippen LogP contribution in [0.25, 0.3) is 10.1 Å². The van der Waals surface area contributed by atoms with Crippen LogP contribution in [0.3, 0.4) is 0 Å². The van der Waals surface area contributed by atoms with Crippen molar-refractivity contribution in [1.29, 1.82) is 0 Å². The number of thiophene rings is 1. The Kier molecular flexibility index (Phi) is 2.45. The molecule has 0 aliphatic heterocycles. The van der Waals surface area contributed by atoms with Gasteiger partial charge >= 0.3 is 0 Å². The minimum Gasteiger partial charge on any atom is -0.508 e. The van der Waals surface area contributed by atoms with E-state index >= 15 is 0 Å². The largest absolute Gasteiger partial charge is 0.508 e. The summed E-state index contributed by atoms with van der Waals surface area (Å²) < 4.78 is 1.14. The second-order valence-corrected chi connectivity index (χ2v) is 4.86. The maximum Gasteiger partial charge on any atom is 0.117 e. The molecule has 0 aliphatic carbocycles. The predicted octanol–water partition coefficient (Wildman–Crippen LogP) is 3.62. The standard InChI is InChI=1S/C9H8OS3/c1-12-8-4-13-9-6(8)2-5(10)3-7(9)11/h2-4,10-11H,1H3. The van der Waals surface area contributed by atoms with Crippen molar-refractivity contribution in [1.82, 2.24) is 0 Å². The molecule has 1 aromatic carbocycles. The molecule has 0 aliphatic rings. The Morgan fingerprint density at radius 3 is 2.92 bits per heavy atom. The highest BCUT2D eigenvalue weighted by molar-refractivity contribution is 7.99. The summed E-state index contributed by atoms with van der Waals surface area (Å²) in [4.78, 5) is 2.05. The highest BCUT2D eigenvalue weighted by Crippen LogP contribution is 2.38. The Labute approximate surface area is 90.2 Å². The molecule has 0 saturated heterocycles. The predicted molar refractivity (Wildman–Crippen MR) is 62.5 cm³/mol. The van der Waals surface area contributed by atoms with Gasteiger partial charge in [0.1, 0.15) is 5.75 Å². The number of thiol groups is 1. The third-order valence-electron chi connectivity index (χ3n) is 1.82. The lowest BCUT2D eigenvalue weighted by atomic mass is 10.2. The maximum absolute atomic E-state index is 9.40. The monoisotopic (exact) mass is 228 g/mol. The van der Waals surface area contributed by atoms with Crippen LogP contribution in [0.2, 0.25) is 0 Å². The van der Waals surface area contributed by atoms with Crippen LogP contribution in [-0.2, 0) is 0 Å². The van der Waals surface area contributed by atoms with Gasteiger partial charge in [0, 0.05) is 25.3 Å². The molecule has 0 amide bonds. The molecule has 0 unspecified atom stereocenters. The molecule has 0 fully saturated rings. The molecule has 1 nitrogen and oxygen atoms in total. The summed E-state index contributed by atoms with van der Waals surface area (Å²) in [6.07, 6.45) is 2.03. The number of phenolic OH excluding ortho intramolecular Hbond substituents is 1. The van der Waals surface area contributed by atoms with Gasteiger partial charge in [0.05, 0.1) is 0 Å². The Balaban J connectivity index is 2.82. The fourth-order valence-electron chi connectivity index (χ4n) is 1.24. The number of benzene rings is 1. The van der Waals surface area contributed by atoms with E-state index in [0.717, 1.165) is 15.0 Å². The van der Waals surface area contributed by atoms with E-state index in [4.69, 9.17) is 0 Å². The summed E-state index contributed by atoms with van der Waals surface area (Å²) in [6.45, 7) is 0. The van der Waals surface area contributed by atoms with Gasteiger partial charge < -0.3 is 5.11 Å². The van der Waals surface area contributed by atoms with Crippen LogP contribution in [0.1, 0.15) is 0 Å². The first-order valence-corrected chi connectivity index (χ1v) is 6.24. The van der Waals surface area contributed by atoms with Crippen LogP contribution < -0.4 is 0 Å². The Morgan fingerprint density at radius 2 is 2.23 bits per heavy atom. The molecule has 13 heavy (non-hydrogen) atoms. The average Bonchev–Trinajstić information content (AvgIpc) is 2.47. The number of fused-ring (bicyclic) bond motifs is 1. The summed E-state index contributed by atoms with van der Waals surface area (Å²) >= 11 is 7.67. The average molecular weight is 228 g/mol. The van der Waals surface area contributed by atoms with Crippen LogP contribution in [0.5, 0.6) is 5.75 Å². The smallest absolute Gasteiger partial charge is 0.117 e. The third kappa shape index (κ3) is 1.54. The molecule has 0 spiro atoms. The number of thioether (sulfide) groups is 1. The van der Waals surface area contributed by atoms with Crippen molar-refractivity contribution >= 4 is 45.8 Å². The number of hydrogen-bond acceptors (Lipinski definition) is 4. The van der Waals surface area contributed by atoms with E-state index in [1.54, 1.807) is 35.2 Å². The summed E-state index contributed by atoms with van der Waals surface area (Å²) in [7, 11) is 0. The fraction of sp³-hybridized carbons (Fsp3) is 0.111. The molecular formula is C9H8OS3. The molecule has 4 heteroatoms. The highest BCUT2D eigenvalue weighted by atomic mass is 32.2. The lowest BCUT2D eigenvalue weighted by Crippen LogP contribution is -1.70. The summed E-state index contributed by atoms with van der Waals surface area (Å²) in [6, 6.07) is 3.46. The number of rotatable bonds is 1. The number of phenols is 1. The van der Waals surface area contributed by atoms with Crippen molar-refractivity contribution < 1.29 is 5.11 Å². The third-order valence-corrected chi connectivity index (χ3v) is 4.28. The first-order chi connectivity index (χ1) is 6.22. The molecular weight excluding hydrogens is 220 g/mol. The van der Waals surface area contributed by atoms with Crippen molar-refractivity contribution in [2.75, 3.05) is 6.26 Å². The van der Waals surface area contributed by atoms with Crippen LogP contribution in [0, 0.1) is 0 Å². The zero-order valence-electron chi connectivity index (χ0n) is 6.94. The number of hydrogen-bond donors (Lipinski definition) is 2. The van der Waals surface area contributed by atoms with Gasteiger partial charge in [-0.25, -0.2) is 0 Å². The summed E-state index contributed by atoms with van der Waals surface area (Å²) in [5.74, 6) is 0.284. The Bertz CT molecular complexity index is 447. The summed E-state index contributed by atoms with van der Waals surface area (Å²) in [5.41, 5.74) is 0. The van der Waals surface area contributed by atoms with Gasteiger partial charge in [-0.15, -0.1) is 35.7 Å². The first kappa shape index (κ1) is 9.24. The van der Waals surface area contributed by atoms with Gasteiger partial charge in [0.2, 0.25) is 0 Å². The molecule has 0 radical (unpaired) electrons. The quantitative estimate of drug-likeness (QED) is 0.574. The van der Waals surface area contributed by atoms with Gasteiger partial charge in [0.15, 0.2) is 0 Å². The van der Waals surface area contributed by atoms with Crippen molar-refractivity contribution in [3.05, 3.63) is 17.5 Å². The maximum atomic E-state index is 9.40. The molecule has 1 heterocycles. The van der Waals surface area contributed by atoms with E-state index in [-0.39, 0.29) is 5.75 Å². The van der Waals surface area contributed by atoms with Gasteiger partial charge in [-0.3, -0.25) is 0 Å². The zero-order chi connectivity index (χ0) is 9.42. The minimum absolute atomic E-state index is 0.284. The zero-order valence-corrected chi connectivity index (χ0v) is 9.47. The van der Waals surface area contributed by atoms with Gasteiger partial charge in [-0.1, -0.05) is 0 Å². The van der Waals surface area contributed by atoms with Crippen molar-refractivity contribution in [2.24, 2.45) is 0 Å². The van der Waals surface area contributed by atoms with E-state index < -0.39 is 0 Å². The molecule has 2 aromatic rings. The molecule has 1 N–H and O–H groups in total. The molecule has 0 atom stereocenters. The van der Waals surface area contributed by atoms with Gasteiger partial charge in [0.25, 0.3) is 0 Å². The topological polar surface area (TPSA) is 20.2 Å². The van der Waals surface area contributed by atoms with E-state index in [9.17, 15) is 5.11 Å². The second kappa shape index (κ2) is 3.44. The molecule has 68 valence electrons. The van der Waals surface area contributed by atoms with Crippen molar-refractivity contribution in [3.63, 3.8) is 0 Å². The van der Waals surface area contributed by atoms with E-state index in [1.165, 1.54) is 4.90 Å². The van der Waals surface area contributed by atoms with E-state index in [1.807, 2.05) is 6.26 Å². The molecule has 1 aromatic heterocycles. The number of aromatic hydroxyl groups is 1. The van der Waals surface area contributed by atoms with Crippen molar-refractivity contribution in [2.45, 2.75) is 9.79 Å². The summed E-state index contributed by atoms with van der Waals surface area (Å²) in [5, 5.41) is 12.6. The van der Waals surface area contributed by atoms with E-state index in [0.29, 0.717) is 0 Å². The van der Waals surface area contributed by atoms with Gasteiger partial charge in [-0.05, 0) is 18.4 Å². The lowest BCUT2D eigenvalue weighted by Gasteiger charge is -1.98. The minimum atomic E-state index is 0.284. The SMILES string of the molecule is CSc1csc2c(S)cc(O)cc12. The second-order valence-electron chi connectivity index (χ2n) is 2.65. The fourth-order valence-corrected chi connectivity index (χ4v) is 3.45. The highest BCUT2D eigenvalue weighted by Gasteiger charge is 2.07. The molecule has 0 bridgehead atoms. The molecule has 0 saturated carbocycles. The lowest BCUT2D eigenvalue weighted by molar-refractivity contribution is 0.475.